The Morgan fingerprint density at radius 3 is 2.87 bits per heavy atom. The fraction of sp³-hybridized carbons (Fsp3) is 0.300. The lowest BCUT2D eigenvalue weighted by molar-refractivity contribution is 0.0956. The van der Waals surface area contributed by atoms with Gasteiger partial charge in [0.05, 0.1) is 7.11 Å². The number of halogens is 1. The van der Waals surface area contributed by atoms with Gasteiger partial charge < -0.3 is 15.2 Å². The summed E-state index contributed by atoms with van der Waals surface area (Å²) in [6.45, 7) is 0.617. The van der Waals surface area contributed by atoms with Gasteiger partial charge in [0.25, 0.3) is 5.91 Å². The van der Waals surface area contributed by atoms with Crippen molar-refractivity contribution in [1.82, 2.24) is 5.32 Å². The van der Waals surface area contributed by atoms with E-state index >= 15 is 0 Å². The van der Waals surface area contributed by atoms with Crippen LogP contribution >= 0.6 is 22.6 Å². The molecule has 0 aliphatic carbocycles. The third-order valence-corrected chi connectivity index (χ3v) is 2.36. The molecule has 15 heavy (non-hydrogen) atoms. The number of carbonyl (C=O) groups excluding carboxylic acids is 1. The molecule has 0 aliphatic rings. The van der Waals surface area contributed by atoms with Crippen LogP contribution in [0.4, 0.5) is 0 Å². The van der Waals surface area contributed by atoms with Gasteiger partial charge in [0.15, 0.2) is 11.5 Å². The Labute approximate surface area is 102 Å². The fourth-order valence-electron chi connectivity index (χ4n) is 1.09. The van der Waals surface area contributed by atoms with Crippen molar-refractivity contribution in [2.45, 2.75) is 0 Å². The number of hydrogen-bond acceptors (Lipinski definition) is 3. The van der Waals surface area contributed by atoms with Crippen molar-refractivity contribution in [2.24, 2.45) is 0 Å². The molecule has 4 nitrogen and oxygen atoms in total. The van der Waals surface area contributed by atoms with Gasteiger partial charge in [-0.2, -0.15) is 0 Å². The highest BCUT2D eigenvalue weighted by atomic mass is 127. The number of phenols is 1. The summed E-state index contributed by atoms with van der Waals surface area (Å²) in [4.78, 5) is 11.5. The Morgan fingerprint density at radius 2 is 2.33 bits per heavy atom. The molecule has 2 N–H and O–H groups in total. The van der Waals surface area contributed by atoms with Crippen molar-refractivity contribution < 1.29 is 14.6 Å². The second-order valence-electron chi connectivity index (χ2n) is 2.83. The number of phenolic OH excluding ortho intramolecular Hbond substituents is 1. The molecule has 0 atom stereocenters. The maximum absolute atomic E-state index is 11.5. The van der Waals surface area contributed by atoms with Gasteiger partial charge >= 0.3 is 0 Å². The Balaban J connectivity index is 2.78. The third kappa shape index (κ3) is 3.26. The molecule has 82 valence electrons. The highest BCUT2D eigenvalue weighted by Crippen LogP contribution is 2.25. The SMILES string of the molecule is COc1ccc(C(=O)NCCI)cc1O. The highest BCUT2D eigenvalue weighted by Gasteiger charge is 2.08. The van der Waals surface area contributed by atoms with Crippen molar-refractivity contribution in [3.63, 3.8) is 0 Å². The van der Waals surface area contributed by atoms with Crippen LogP contribution in [0.1, 0.15) is 10.4 Å². The van der Waals surface area contributed by atoms with Crippen LogP contribution in [0.3, 0.4) is 0 Å². The molecule has 0 saturated heterocycles. The summed E-state index contributed by atoms with van der Waals surface area (Å²) in [5.74, 6) is 0.143. The minimum atomic E-state index is -0.190. The van der Waals surface area contributed by atoms with E-state index in [0.717, 1.165) is 4.43 Å². The number of amides is 1. The first-order valence-corrected chi connectivity index (χ1v) is 5.92. The summed E-state index contributed by atoms with van der Waals surface area (Å²) in [5, 5.41) is 12.2. The summed E-state index contributed by atoms with van der Waals surface area (Å²) >= 11 is 2.17. The van der Waals surface area contributed by atoms with Gasteiger partial charge in [-0.3, -0.25) is 4.79 Å². The zero-order valence-electron chi connectivity index (χ0n) is 8.29. The summed E-state index contributed by atoms with van der Waals surface area (Å²) in [5.41, 5.74) is 0.429. The lowest BCUT2D eigenvalue weighted by Gasteiger charge is -2.06. The predicted octanol–water partition coefficient (Wildman–Crippen LogP) is 1.57. The zero-order chi connectivity index (χ0) is 11.3. The number of nitrogens with one attached hydrogen (secondary N) is 1. The molecule has 0 bridgehead atoms. The van der Waals surface area contributed by atoms with E-state index in [1.165, 1.54) is 13.2 Å². The highest BCUT2D eigenvalue weighted by molar-refractivity contribution is 14.1. The first-order valence-electron chi connectivity index (χ1n) is 4.40. The summed E-state index contributed by atoms with van der Waals surface area (Å²) in [7, 11) is 1.46. The monoisotopic (exact) mass is 321 g/mol. The molecule has 0 saturated carbocycles. The van der Waals surface area contributed by atoms with Gasteiger partial charge in [-0.25, -0.2) is 0 Å². The van der Waals surface area contributed by atoms with Crippen molar-refractivity contribution in [3.05, 3.63) is 23.8 Å². The summed E-state index contributed by atoms with van der Waals surface area (Å²) in [6.07, 6.45) is 0. The molecule has 0 fully saturated rings. The number of benzene rings is 1. The second kappa shape index (κ2) is 5.79. The smallest absolute Gasteiger partial charge is 0.251 e. The molecule has 0 aromatic heterocycles. The van der Waals surface area contributed by atoms with Crippen molar-refractivity contribution >= 4 is 28.5 Å². The largest absolute Gasteiger partial charge is 0.504 e. The molecule has 0 aliphatic heterocycles. The van der Waals surface area contributed by atoms with Gasteiger partial charge in [0.1, 0.15) is 0 Å². The molecule has 1 rings (SSSR count). The first-order chi connectivity index (χ1) is 7.19. The van der Waals surface area contributed by atoms with Gasteiger partial charge in [-0.1, -0.05) is 22.6 Å². The molecule has 0 heterocycles. The van der Waals surface area contributed by atoms with E-state index in [0.29, 0.717) is 17.9 Å². The minimum Gasteiger partial charge on any atom is -0.504 e. The quantitative estimate of drug-likeness (QED) is 0.654. The van der Waals surface area contributed by atoms with E-state index in [4.69, 9.17) is 4.74 Å². The van der Waals surface area contributed by atoms with Crippen LogP contribution in [-0.4, -0.2) is 29.1 Å². The maximum atomic E-state index is 11.5. The van der Waals surface area contributed by atoms with Crippen LogP contribution < -0.4 is 10.1 Å². The molecular weight excluding hydrogens is 309 g/mol. The van der Waals surface area contributed by atoms with Crippen LogP contribution in [0, 0.1) is 0 Å². The Kier molecular flexibility index (Phi) is 4.67. The topological polar surface area (TPSA) is 58.6 Å². The minimum absolute atomic E-state index is 0.0281. The number of alkyl halides is 1. The predicted molar refractivity (Wildman–Crippen MR) is 65.9 cm³/mol. The van der Waals surface area contributed by atoms with Crippen LogP contribution in [0.15, 0.2) is 18.2 Å². The fourth-order valence-corrected chi connectivity index (χ4v) is 1.36. The number of hydrogen-bond donors (Lipinski definition) is 2. The Bertz CT molecular complexity index is 355. The van der Waals surface area contributed by atoms with Crippen molar-refractivity contribution in [3.8, 4) is 11.5 Å². The number of rotatable bonds is 4. The maximum Gasteiger partial charge on any atom is 0.251 e. The van der Waals surface area contributed by atoms with E-state index in [9.17, 15) is 9.90 Å². The molecular formula is C10H12INO3. The molecule has 1 aromatic carbocycles. The molecule has 0 unspecified atom stereocenters. The average Bonchev–Trinajstić information content (AvgIpc) is 2.25. The van der Waals surface area contributed by atoms with Crippen LogP contribution in [0.25, 0.3) is 0 Å². The van der Waals surface area contributed by atoms with Crippen LogP contribution in [0.2, 0.25) is 0 Å². The zero-order valence-corrected chi connectivity index (χ0v) is 10.4. The van der Waals surface area contributed by atoms with Crippen LogP contribution in [-0.2, 0) is 0 Å². The van der Waals surface area contributed by atoms with Gasteiger partial charge in [-0.15, -0.1) is 0 Å². The number of methoxy groups -OCH3 is 1. The molecule has 1 amide bonds. The van der Waals surface area contributed by atoms with E-state index in [2.05, 4.69) is 27.9 Å². The van der Waals surface area contributed by atoms with Crippen molar-refractivity contribution in [2.75, 3.05) is 18.1 Å². The standard InChI is InChI=1S/C10H12INO3/c1-15-9-3-2-7(6-8(9)13)10(14)12-5-4-11/h2-3,6,13H,4-5H2,1H3,(H,12,14). The van der Waals surface area contributed by atoms with Gasteiger partial charge in [-0.05, 0) is 18.2 Å². The Hall–Kier alpha value is -0.980. The molecule has 0 spiro atoms. The normalized spacial score (nSPS) is 9.73. The molecule has 0 radical (unpaired) electrons. The van der Waals surface area contributed by atoms with Crippen LogP contribution in [0.5, 0.6) is 11.5 Å². The van der Waals surface area contributed by atoms with E-state index in [-0.39, 0.29) is 11.7 Å². The molecule has 5 heteroatoms. The molecule has 1 aromatic rings. The third-order valence-electron chi connectivity index (χ3n) is 1.82. The lowest BCUT2D eigenvalue weighted by Crippen LogP contribution is -2.24. The van der Waals surface area contributed by atoms with Gasteiger partial charge in [0, 0.05) is 16.5 Å². The number of ether oxygens (including phenoxy) is 1. The number of carbonyl (C=O) groups is 1. The average molecular weight is 321 g/mol. The second-order valence-corrected chi connectivity index (χ2v) is 3.91. The Morgan fingerprint density at radius 1 is 1.60 bits per heavy atom. The van der Waals surface area contributed by atoms with E-state index in [1.807, 2.05) is 0 Å². The van der Waals surface area contributed by atoms with E-state index in [1.54, 1.807) is 12.1 Å². The summed E-state index contributed by atoms with van der Waals surface area (Å²) < 4.78 is 5.73. The van der Waals surface area contributed by atoms with Gasteiger partial charge in [0.2, 0.25) is 0 Å². The lowest BCUT2D eigenvalue weighted by atomic mass is 10.2. The number of aromatic hydroxyl groups is 1. The summed E-state index contributed by atoms with van der Waals surface area (Å²) in [6, 6.07) is 4.57. The first kappa shape index (κ1) is 12.1. The van der Waals surface area contributed by atoms with E-state index < -0.39 is 0 Å². The van der Waals surface area contributed by atoms with Crippen molar-refractivity contribution in [1.29, 1.82) is 0 Å².